The minimum atomic E-state index is -1.22. The molecule has 1 saturated carbocycles. The van der Waals surface area contributed by atoms with Gasteiger partial charge in [-0.05, 0) is 31.9 Å². The van der Waals surface area contributed by atoms with E-state index in [1.54, 1.807) is 6.92 Å². The first-order chi connectivity index (χ1) is 10.4. The molecule has 1 aromatic rings. The molecule has 0 aromatic heterocycles. The molecule has 7 heteroatoms. The number of hydrogen-bond acceptors (Lipinski definition) is 4. The third kappa shape index (κ3) is 3.82. The van der Waals surface area contributed by atoms with Crippen LogP contribution < -0.4 is 5.32 Å². The fourth-order valence-corrected chi connectivity index (χ4v) is 1.96. The number of rotatable bonds is 6. The lowest BCUT2D eigenvalue weighted by atomic mass is 10.0. The SMILES string of the molecule is CCOC(=O)/C(=C/NC1CC1)C(=O)c1cc(F)c(F)cc1Cl. The summed E-state index contributed by atoms with van der Waals surface area (Å²) in [5, 5.41) is 2.62. The van der Waals surface area contributed by atoms with Crippen molar-refractivity contribution in [1.82, 2.24) is 5.32 Å². The Morgan fingerprint density at radius 1 is 1.36 bits per heavy atom. The van der Waals surface area contributed by atoms with Gasteiger partial charge < -0.3 is 10.1 Å². The minimum Gasteiger partial charge on any atom is -0.462 e. The van der Waals surface area contributed by atoms with E-state index in [4.69, 9.17) is 16.3 Å². The molecule has 22 heavy (non-hydrogen) atoms. The monoisotopic (exact) mass is 329 g/mol. The van der Waals surface area contributed by atoms with Gasteiger partial charge in [-0.15, -0.1) is 0 Å². The van der Waals surface area contributed by atoms with Crippen molar-refractivity contribution in [1.29, 1.82) is 0 Å². The first kappa shape index (κ1) is 16.4. The van der Waals surface area contributed by atoms with Gasteiger partial charge in [0.05, 0.1) is 11.6 Å². The predicted molar refractivity (Wildman–Crippen MR) is 76.6 cm³/mol. The van der Waals surface area contributed by atoms with E-state index < -0.39 is 23.4 Å². The van der Waals surface area contributed by atoms with Crippen LogP contribution in [0, 0.1) is 11.6 Å². The Balaban J connectivity index is 2.33. The highest BCUT2D eigenvalue weighted by Crippen LogP contribution is 2.24. The second-order valence-electron chi connectivity index (χ2n) is 4.79. The number of ketones is 1. The smallest absolute Gasteiger partial charge is 0.343 e. The van der Waals surface area contributed by atoms with Gasteiger partial charge in [0.25, 0.3) is 0 Å². The summed E-state index contributed by atoms with van der Waals surface area (Å²) in [6.07, 6.45) is 3.12. The molecule has 0 radical (unpaired) electrons. The second kappa shape index (κ2) is 6.87. The lowest BCUT2D eigenvalue weighted by Gasteiger charge is -2.09. The lowest BCUT2D eigenvalue weighted by Crippen LogP contribution is -2.21. The van der Waals surface area contributed by atoms with Crippen molar-refractivity contribution in [3.8, 4) is 0 Å². The fraction of sp³-hybridized carbons (Fsp3) is 0.333. The number of halogens is 3. The van der Waals surface area contributed by atoms with Gasteiger partial charge in [0, 0.05) is 17.8 Å². The molecule has 2 rings (SSSR count). The third-order valence-electron chi connectivity index (χ3n) is 3.04. The van der Waals surface area contributed by atoms with Gasteiger partial charge in [0.15, 0.2) is 11.6 Å². The number of carbonyl (C=O) groups excluding carboxylic acids is 2. The summed E-state index contributed by atoms with van der Waals surface area (Å²) >= 11 is 5.77. The van der Waals surface area contributed by atoms with E-state index in [0.717, 1.165) is 12.8 Å². The van der Waals surface area contributed by atoms with Crippen molar-refractivity contribution in [2.24, 2.45) is 0 Å². The molecule has 1 fully saturated rings. The molecule has 4 nitrogen and oxygen atoms in total. The number of benzene rings is 1. The Labute approximate surface area is 131 Å². The molecule has 0 aliphatic heterocycles. The summed E-state index contributed by atoms with van der Waals surface area (Å²) < 4.78 is 31.2. The average molecular weight is 330 g/mol. The average Bonchev–Trinajstić information content (AvgIpc) is 3.27. The van der Waals surface area contributed by atoms with Crippen LogP contribution in [-0.4, -0.2) is 24.4 Å². The van der Waals surface area contributed by atoms with Crippen molar-refractivity contribution >= 4 is 23.4 Å². The highest BCUT2D eigenvalue weighted by molar-refractivity contribution is 6.36. The molecule has 0 saturated heterocycles. The van der Waals surface area contributed by atoms with E-state index in [1.807, 2.05) is 0 Å². The molecule has 1 N–H and O–H groups in total. The van der Waals surface area contributed by atoms with Crippen LogP contribution in [-0.2, 0) is 9.53 Å². The Morgan fingerprint density at radius 2 is 2.00 bits per heavy atom. The van der Waals surface area contributed by atoms with Gasteiger partial charge in [-0.25, -0.2) is 13.6 Å². The van der Waals surface area contributed by atoms with E-state index in [2.05, 4.69) is 5.32 Å². The predicted octanol–water partition coefficient (Wildman–Crippen LogP) is 3.00. The summed E-state index contributed by atoms with van der Waals surface area (Å²) in [5.41, 5.74) is -0.598. The van der Waals surface area contributed by atoms with Gasteiger partial charge in [-0.2, -0.15) is 0 Å². The molecular weight excluding hydrogens is 316 g/mol. The van der Waals surface area contributed by atoms with E-state index >= 15 is 0 Å². The molecule has 0 atom stereocenters. The highest BCUT2D eigenvalue weighted by Gasteiger charge is 2.26. The third-order valence-corrected chi connectivity index (χ3v) is 3.35. The van der Waals surface area contributed by atoms with Crippen molar-refractivity contribution in [3.05, 3.63) is 46.1 Å². The van der Waals surface area contributed by atoms with Crippen molar-refractivity contribution in [2.45, 2.75) is 25.8 Å². The topological polar surface area (TPSA) is 55.4 Å². The van der Waals surface area contributed by atoms with Crippen molar-refractivity contribution < 1.29 is 23.1 Å². The zero-order chi connectivity index (χ0) is 16.3. The van der Waals surface area contributed by atoms with Gasteiger partial charge in [-0.1, -0.05) is 11.6 Å². The minimum absolute atomic E-state index is 0.0817. The zero-order valence-electron chi connectivity index (χ0n) is 11.8. The normalized spacial score (nSPS) is 14.6. The number of ether oxygens (including phenoxy) is 1. The van der Waals surface area contributed by atoms with Crippen LogP contribution in [0.5, 0.6) is 0 Å². The molecule has 0 bridgehead atoms. The quantitative estimate of drug-likeness (QED) is 0.218. The van der Waals surface area contributed by atoms with Crippen LogP contribution in [0.2, 0.25) is 5.02 Å². The van der Waals surface area contributed by atoms with Crippen LogP contribution in [0.1, 0.15) is 30.1 Å². The van der Waals surface area contributed by atoms with E-state index in [-0.39, 0.29) is 28.8 Å². The van der Waals surface area contributed by atoms with Crippen LogP contribution >= 0.6 is 11.6 Å². The van der Waals surface area contributed by atoms with Crippen LogP contribution in [0.15, 0.2) is 23.9 Å². The Bertz CT molecular complexity index is 642. The van der Waals surface area contributed by atoms with E-state index in [9.17, 15) is 18.4 Å². The van der Waals surface area contributed by atoms with Gasteiger partial charge in [0.2, 0.25) is 5.78 Å². The Hall–Kier alpha value is -1.95. The number of hydrogen-bond donors (Lipinski definition) is 1. The standard InChI is InChI=1S/C15H14ClF2NO3/c1-2-22-15(21)10(7-19-8-3-4-8)14(20)9-5-12(17)13(18)6-11(9)16/h5-8,19H,2-4H2,1H3/b10-7+. The molecule has 0 amide bonds. The maximum absolute atomic E-state index is 13.3. The lowest BCUT2D eigenvalue weighted by molar-refractivity contribution is -0.138. The summed E-state index contributed by atoms with van der Waals surface area (Å²) in [5.74, 6) is -4.05. The number of nitrogens with one attached hydrogen (secondary N) is 1. The Morgan fingerprint density at radius 3 is 2.59 bits per heavy atom. The van der Waals surface area contributed by atoms with Crippen molar-refractivity contribution in [3.63, 3.8) is 0 Å². The largest absolute Gasteiger partial charge is 0.462 e. The van der Waals surface area contributed by atoms with Crippen LogP contribution in [0.4, 0.5) is 8.78 Å². The molecule has 1 aromatic carbocycles. The fourth-order valence-electron chi connectivity index (χ4n) is 1.72. The molecule has 0 unspecified atom stereocenters. The van der Waals surface area contributed by atoms with Crippen LogP contribution in [0.3, 0.4) is 0 Å². The number of Topliss-reactive ketones (excluding diaryl/α,β-unsaturated/α-hetero) is 1. The number of carbonyl (C=O) groups is 2. The van der Waals surface area contributed by atoms with Crippen molar-refractivity contribution in [2.75, 3.05) is 6.61 Å². The maximum Gasteiger partial charge on any atom is 0.343 e. The Kier molecular flexibility index (Phi) is 5.13. The summed E-state index contributed by atoms with van der Waals surface area (Å²) in [4.78, 5) is 24.3. The summed E-state index contributed by atoms with van der Waals surface area (Å²) in [6.45, 7) is 1.68. The van der Waals surface area contributed by atoms with Gasteiger partial charge in [-0.3, -0.25) is 4.79 Å². The molecule has 1 aliphatic carbocycles. The number of esters is 1. The van der Waals surface area contributed by atoms with E-state index in [1.165, 1.54) is 6.20 Å². The first-order valence-corrected chi connectivity index (χ1v) is 7.14. The second-order valence-corrected chi connectivity index (χ2v) is 5.20. The molecule has 118 valence electrons. The zero-order valence-corrected chi connectivity index (χ0v) is 12.5. The first-order valence-electron chi connectivity index (χ1n) is 6.76. The van der Waals surface area contributed by atoms with Crippen LogP contribution in [0.25, 0.3) is 0 Å². The molecule has 0 spiro atoms. The summed E-state index contributed by atoms with van der Waals surface area (Å²) in [7, 11) is 0. The maximum atomic E-state index is 13.3. The molecule has 0 heterocycles. The summed E-state index contributed by atoms with van der Waals surface area (Å²) in [6, 6.07) is 1.57. The van der Waals surface area contributed by atoms with E-state index in [0.29, 0.717) is 12.1 Å². The molecule has 1 aliphatic rings. The van der Waals surface area contributed by atoms with Gasteiger partial charge in [0.1, 0.15) is 5.57 Å². The molecular formula is C15H14ClF2NO3. The highest BCUT2D eigenvalue weighted by atomic mass is 35.5. The van der Waals surface area contributed by atoms with Gasteiger partial charge >= 0.3 is 5.97 Å².